The quantitative estimate of drug-likeness (QED) is 0.814. The Kier molecular flexibility index (Phi) is 2.90. The SMILES string of the molecule is N#Cc1cccc(-c2ccc(CN)cn2)n1. The number of hydrogen-bond donors (Lipinski definition) is 1. The van der Waals surface area contributed by atoms with Crippen LogP contribution in [0.5, 0.6) is 0 Å². The highest BCUT2D eigenvalue weighted by Crippen LogP contribution is 2.14. The van der Waals surface area contributed by atoms with E-state index in [1.807, 2.05) is 24.3 Å². The van der Waals surface area contributed by atoms with Crippen molar-refractivity contribution < 1.29 is 0 Å². The van der Waals surface area contributed by atoms with Gasteiger partial charge in [-0.1, -0.05) is 12.1 Å². The molecule has 0 amide bonds. The van der Waals surface area contributed by atoms with Crippen molar-refractivity contribution in [1.82, 2.24) is 9.97 Å². The van der Waals surface area contributed by atoms with E-state index in [0.29, 0.717) is 17.9 Å². The second-order valence-electron chi connectivity index (χ2n) is 3.28. The van der Waals surface area contributed by atoms with Crippen LogP contribution in [0.2, 0.25) is 0 Å². The summed E-state index contributed by atoms with van der Waals surface area (Å²) >= 11 is 0. The summed E-state index contributed by atoms with van der Waals surface area (Å²) < 4.78 is 0. The molecule has 0 atom stereocenters. The summed E-state index contributed by atoms with van der Waals surface area (Å²) in [6, 6.07) is 11.0. The molecule has 0 unspecified atom stereocenters. The molecule has 0 saturated heterocycles. The van der Waals surface area contributed by atoms with Gasteiger partial charge < -0.3 is 5.73 Å². The topological polar surface area (TPSA) is 75.6 Å². The van der Waals surface area contributed by atoms with Crippen LogP contribution in [-0.4, -0.2) is 9.97 Å². The molecule has 4 nitrogen and oxygen atoms in total. The largest absolute Gasteiger partial charge is 0.326 e. The summed E-state index contributed by atoms with van der Waals surface area (Å²) in [7, 11) is 0. The van der Waals surface area contributed by atoms with Crippen molar-refractivity contribution in [1.29, 1.82) is 5.26 Å². The van der Waals surface area contributed by atoms with Gasteiger partial charge in [0.05, 0.1) is 11.4 Å². The van der Waals surface area contributed by atoms with E-state index in [4.69, 9.17) is 11.0 Å². The molecule has 0 aromatic carbocycles. The van der Waals surface area contributed by atoms with Crippen molar-refractivity contribution in [2.24, 2.45) is 5.73 Å². The first kappa shape index (κ1) is 10.3. The van der Waals surface area contributed by atoms with Crippen LogP contribution in [-0.2, 0) is 6.54 Å². The molecular weight excluding hydrogens is 200 g/mol. The number of nitrogens with zero attached hydrogens (tertiary/aromatic N) is 3. The minimum atomic E-state index is 0.391. The standard InChI is InChI=1S/C12H10N4/c13-6-9-4-5-11(15-8-9)12-3-1-2-10(7-14)16-12/h1-5,8H,6,13H2. The summed E-state index contributed by atoms with van der Waals surface area (Å²) in [5, 5.41) is 8.74. The molecular formula is C12H10N4. The van der Waals surface area contributed by atoms with Crippen molar-refractivity contribution in [2.75, 3.05) is 0 Å². The summed E-state index contributed by atoms with van der Waals surface area (Å²) in [4.78, 5) is 8.41. The first-order chi connectivity index (χ1) is 7.83. The van der Waals surface area contributed by atoms with Crippen molar-refractivity contribution in [3.8, 4) is 17.5 Å². The van der Waals surface area contributed by atoms with Crippen LogP contribution in [0.1, 0.15) is 11.3 Å². The molecule has 0 aliphatic heterocycles. The third kappa shape index (κ3) is 2.05. The van der Waals surface area contributed by atoms with Gasteiger partial charge in [-0.2, -0.15) is 5.26 Å². The predicted molar refractivity (Wildman–Crippen MR) is 60.1 cm³/mol. The lowest BCUT2D eigenvalue weighted by atomic mass is 10.2. The van der Waals surface area contributed by atoms with Crippen molar-refractivity contribution in [3.63, 3.8) is 0 Å². The Morgan fingerprint density at radius 2 is 2.06 bits per heavy atom. The van der Waals surface area contributed by atoms with Crippen molar-refractivity contribution in [3.05, 3.63) is 47.8 Å². The zero-order chi connectivity index (χ0) is 11.4. The Morgan fingerprint density at radius 1 is 1.19 bits per heavy atom. The van der Waals surface area contributed by atoms with Crippen LogP contribution in [0.3, 0.4) is 0 Å². The van der Waals surface area contributed by atoms with E-state index in [0.717, 1.165) is 11.3 Å². The van der Waals surface area contributed by atoms with Gasteiger partial charge >= 0.3 is 0 Å². The van der Waals surface area contributed by atoms with Crippen molar-refractivity contribution >= 4 is 0 Å². The summed E-state index contributed by atoms with van der Waals surface area (Å²) in [6.07, 6.45) is 1.72. The average Bonchev–Trinajstić information content (AvgIpc) is 2.39. The maximum atomic E-state index is 8.74. The maximum absolute atomic E-state index is 8.74. The van der Waals surface area contributed by atoms with Gasteiger partial charge in [0, 0.05) is 12.7 Å². The van der Waals surface area contributed by atoms with E-state index in [1.54, 1.807) is 18.3 Å². The Bertz CT molecular complexity index is 525. The Hall–Kier alpha value is -2.25. The van der Waals surface area contributed by atoms with Crippen LogP contribution in [0.25, 0.3) is 11.4 Å². The number of nitriles is 1. The first-order valence-electron chi connectivity index (χ1n) is 4.86. The van der Waals surface area contributed by atoms with E-state index in [-0.39, 0.29) is 0 Å². The third-order valence-electron chi connectivity index (χ3n) is 2.19. The van der Waals surface area contributed by atoms with Crippen LogP contribution in [0, 0.1) is 11.3 Å². The van der Waals surface area contributed by atoms with Gasteiger partial charge in [0.15, 0.2) is 0 Å². The second kappa shape index (κ2) is 4.51. The Morgan fingerprint density at radius 3 is 2.69 bits per heavy atom. The summed E-state index contributed by atoms with van der Waals surface area (Å²) in [6.45, 7) is 0.471. The van der Waals surface area contributed by atoms with Gasteiger partial charge in [0.1, 0.15) is 11.8 Å². The predicted octanol–water partition coefficient (Wildman–Crippen LogP) is 1.47. The smallest absolute Gasteiger partial charge is 0.141 e. The molecule has 16 heavy (non-hydrogen) atoms. The van der Waals surface area contributed by atoms with Crippen LogP contribution >= 0.6 is 0 Å². The summed E-state index contributed by atoms with van der Waals surface area (Å²) in [5.41, 5.74) is 8.29. The molecule has 0 fully saturated rings. The molecule has 0 saturated carbocycles. The highest BCUT2D eigenvalue weighted by Gasteiger charge is 2.01. The molecule has 0 aliphatic carbocycles. The van der Waals surface area contributed by atoms with E-state index in [9.17, 15) is 0 Å². The van der Waals surface area contributed by atoms with Gasteiger partial charge in [0.25, 0.3) is 0 Å². The lowest BCUT2D eigenvalue weighted by Crippen LogP contribution is -1.97. The summed E-state index contributed by atoms with van der Waals surface area (Å²) in [5.74, 6) is 0. The molecule has 2 heterocycles. The van der Waals surface area contributed by atoms with Crippen LogP contribution in [0.4, 0.5) is 0 Å². The molecule has 0 bridgehead atoms. The number of hydrogen-bond acceptors (Lipinski definition) is 4. The zero-order valence-electron chi connectivity index (χ0n) is 8.59. The second-order valence-corrected chi connectivity index (χ2v) is 3.28. The number of nitrogens with two attached hydrogens (primary N) is 1. The number of rotatable bonds is 2. The van der Waals surface area contributed by atoms with Gasteiger partial charge in [-0.25, -0.2) is 4.98 Å². The minimum Gasteiger partial charge on any atom is -0.326 e. The highest BCUT2D eigenvalue weighted by atomic mass is 14.8. The fourth-order valence-corrected chi connectivity index (χ4v) is 1.34. The van der Waals surface area contributed by atoms with Gasteiger partial charge in [-0.05, 0) is 23.8 Å². The average molecular weight is 210 g/mol. The Labute approximate surface area is 93.4 Å². The first-order valence-corrected chi connectivity index (χ1v) is 4.86. The maximum Gasteiger partial charge on any atom is 0.141 e. The lowest BCUT2D eigenvalue weighted by molar-refractivity contribution is 1.05. The molecule has 0 aliphatic rings. The van der Waals surface area contributed by atoms with E-state index in [2.05, 4.69) is 9.97 Å². The van der Waals surface area contributed by atoms with Gasteiger partial charge in [0.2, 0.25) is 0 Å². The molecule has 0 radical (unpaired) electrons. The molecule has 2 rings (SSSR count). The monoisotopic (exact) mass is 210 g/mol. The van der Waals surface area contributed by atoms with Crippen LogP contribution in [0.15, 0.2) is 36.5 Å². The van der Waals surface area contributed by atoms with Crippen molar-refractivity contribution in [2.45, 2.75) is 6.54 Å². The fraction of sp³-hybridized carbons (Fsp3) is 0.0833. The van der Waals surface area contributed by atoms with E-state index < -0.39 is 0 Å². The number of pyridine rings is 2. The minimum absolute atomic E-state index is 0.391. The van der Waals surface area contributed by atoms with Crippen LogP contribution < -0.4 is 5.73 Å². The highest BCUT2D eigenvalue weighted by molar-refractivity contribution is 5.54. The van der Waals surface area contributed by atoms with E-state index >= 15 is 0 Å². The van der Waals surface area contributed by atoms with Gasteiger partial charge in [-0.3, -0.25) is 4.98 Å². The normalized spacial score (nSPS) is 9.75. The number of aromatic nitrogens is 2. The molecule has 2 N–H and O–H groups in total. The molecule has 2 aromatic rings. The fourth-order valence-electron chi connectivity index (χ4n) is 1.34. The molecule has 4 heteroatoms. The Balaban J connectivity index is 2.39. The third-order valence-corrected chi connectivity index (χ3v) is 2.19. The zero-order valence-corrected chi connectivity index (χ0v) is 8.59. The van der Waals surface area contributed by atoms with Gasteiger partial charge in [-0.15, -0.1) is 0 Å². The molecule has 2 aromatic heterocycles. The molecule has 78 valence electrons. The lowest BCUT2D eigenvalue weighted by Gasteiger charge is -2.01. The molecule has 0 spiro atoms. The van der Waals surface area contributed by atoms with E-state index in [1.165, 1.54) is 0 Å².